The minimum Gasteiger partial charge on any atom is -0.375 e. The highest BCUT2D eigenvalue weighted by atomic mass is 127. The number of anilines is 1. The molecule has 0 saturated heterocycles. The topological polar surface area (TPSA) is 57.6 Å². The van der Waals surface area contributed by atoms with Crippen LogP contribution in [0.15, 0.2) is 78.9 Å². The molecule has 3 aromatic rings. The van der Waals surface area contributed by atoms with Crippen LogP contribution in [0.4, 0.5) is 5.69 Å². The first-order valence-corrected chi connectivity index (χ1v) is 10.0. The molecule has 28 heavy (non-hydrogen) atoms. The molecule has 4 rings (SSSR count). The van der Waals surface area contributed by atoms with Gasteiger partial charge in [0.05, 0.1) is 18.7 Å². The molecule has 0 spiro atoms. The van der Waals surface area contributed by atoms with E-state index in [2.05, 4.69) is 22.6 Å². The van der Waals surface area contributed by atoms with Gasteiger partial charge in [0.25, 0.3) is 5.91 Å². The third kappa shape index (κ3) is 3.36. The summed E-state index contributed by atoms with van der Waals surface area (Å²) in [6.45, 7) is 0.344. The van der Waals surface area contributed by atoms with Crippen LogP contribution < -0.4 is 4.90 Å². The van der Waals surface area contributed by atoms with Gasteiger partial charge in [-0.25, -0.2) is 0 Å². The van der Waals surface area contributed by atoms with Crippen LogP contribution in [0.5, 0.6) is 0 Å². The number of ketones is 1. The fourth-order valence-electron chi connectivity index (χ4n) is 3.57. The van der Waals surface area contributed by atoms with E-state index in [9.17, 15) is 14.7 Å². The molecule has 1 aliphatic rings. The van der Waals surface area contributed by atoms with Crippen molar-refractivity contribution in [1.29, 1.82) is 0 Å². The van der Waals surface area contributed by atoms with Crippen LogP contribution in [0.1, 0.15) is 27.9 Å². The number of fused-ring (bicyclic) bond motifs is 1. The van der Waals surface area contributed by atoms with Gasteiger partial charge < -0.3 is 10.0 Å². The van der Waals surface area contributed by atoms with E-state index >= 15 is 0 Å². The summed E-state index contributed by atoms with van der Waals surface area (Å²) >= 11 is 2.17. The number of carbonyl (C=O) groups excluding carboxylic acids is 2. The van der Waals surface area contributed by atoms with Gasteiger partial charge in [-0.3, -0.25) is 9.59 Å². The van der Waals surface area contributed by atoms with Crippen molar-refractivity contribution in [3.63, 3.8) is 0 Å². The van der Waals surface area contributed by atoms with Crippen molar-refractivity contribution in [3.05, 3.63) is 99.1 Å². The second-order valence-corrected chi connectivity index (χ2v) is 8.11. The van der Waals surface area contributed by atoms with Gasteiger partial charge in [-0.2, -0.15) is 0 Å². The van der Waals surface area contributed by atoms with E-state index in [-0.39, 0.29) is 12.2 Å². The average Bonchev–Trinajstić information content (AvgIpc) is 2.91. The fraction of sp³-hybridized carbons (Fsp3) is 0.130. The van der Waals surface area contributed by atoms with Crippen molar-refractivity contribution in [2.24, 2.45) is 0 Å². The maximum Gasteiger partial charge on any atom is 0.264 e. The average molecular weight is 483 g/mol. The largest absolute Gasteiger partial charge is 0.375 e. The first-order chi connectivity index (χ1) is 13.5. The third-order valence-electron chi connectivity index (χ3n) is 5.01. The van der Waals surface area contributed by atoms with Crippen molar-refractivity contribution >= 4 is 40.0 Å². The second-order valence-electron chi connectivity index (χ2n) is 6.86. The minimum absolute atomic E-state index is 0.261. The fourth-order valence-corrected chi connectivity index (χ4v) is 3.93. The SMILES string of the molecule is O=C(C[C@@]1(O)C(=O)N(Cc2ccccc2)c2ccccc21)c1ccc(I)cc1. The number of hydrogen-bond donors (Lipinski definition) is 1. The molecule has 1 N–H and O–H groups in total. The summed E-state index contributed by atoms with van der Waals surface area (Å²) in [5, 5.41) is 11.3. The van der Waals surface area contributed by atoms with Crippen molar-refractivity contribution in [1.82, 2.24) is 0 Å². The molecule has 1 aliphatic heterocycles. The Morgan fingerprint density at radius 3 is 2.29 bits per heavy atom. The van der Waals surface area contributed by atoms with Gasteiger partial charge in [-0.05, 0) is 46.4 Å². The quantitative estimate of drug-likeness (QED) is 0.435. The van der Waals surface area contributed by atoms with Crippen LogP contribution in [0.3, 0.4) is 0 Å². The molecule has 0 fully saturated rings. The predicted molar refractivity (Wildman–Crippen MR) is 116 cm³/mol. The Hall–Kier alpha value is -2.51. The van der Waals surface area contributed by atoms with Crippen LogP contribution in [0, 0.1) is 3.57 Å². The van der Waals surface area contributed by atoms with Gasteiger partial charge in [0.15, 0.2) is 11.4 Å². The van der Waals surface area contributed by atoms with Gasteiger partial charge >= 0.3 is 0 Å². The first-order valence-electron chi connectivity index (χ1n) is 8.95. The summed E-state index contributed by atoms with van der Waals surface area (Å²) < 4.78 is 1.02. The zero-order valence-corrected chi connectivity index (χ0v) is 17.2. The minimum atomic E-state index is -1.86. The molecular weight excluding hydrogens is 465 g/mol. The number of carbonyl (C=O) groups is 2. The zero-order valence-electron chi connectivity index (χ0n) is 15.0. The molecule has 140 valence electrons. The van der Waals surface area contributed by atoms with E-state index < -0.39 is 11.5 Å². The number of aliphatic hydroxyl groups is 1. The van der Waals surface area contributed by atoms with E-state index in [0.29, 0.717) is 23.4 Å². The van der Waals surface area contributed by atoms with Gasteiger partial charge in [-0.1, -0.05) is 60.7 Å². The first kappa shape index (κ1) is 18.8. The summed E-state index contributed by atoms with van der Waals surface area (Å²) in [7, 11) is 0. The zero-order chi connectivity index (χ0) is 19.7. The number of rotatable bonds is 5. The maximum absolute atomic E-state index is 13.2. The highest BCUT2D eigenvalue weighted by molar-refractivity contribution is 14.1. The van der Waals surface area contributed by atoms with Crippen LogP contribution in [0.25, 0.3) is 0 Å². The monoisotopic (exact) mass is 483 g/mol. The Bertz CT molecular complexity index is 1030. The smallest absolute Gasteiger partial charge is 0.264 e. The van der Waals surface area contributed by atoms with Gasteiger partial charge in [-0.15, -0.1) is 0 Å². The van der Waals surface area contributed by atoms with Crippen LogP contribution in [-0.4, -0.2) is 16.8 Å². The molecule has 1 atom stereocenters. The van der Waals surface area contributed by atoms with Gasteiger partial charge in [0.1, 0.15) is 0 Å². The van der Waals surface area contributed by atoms with Crippen LogP contribution in [-0.2, 0) is 16.9 Å². The lowest BCUT2D eigenvalue weighted by atomic mass is 9.88. The Morgan fingerprint density at radius 2 is 1.57 bits per heavy atom. The molecule has 3 aromatic carbocycles. The number of halogens is 1. The Morgan fingerprint density at radius 1 is 0.929 bits per heavy atom. The number of hydrogen-bond acceptors (Lipinski definition) is 3. The molecule has 1 amide bonds. The van der Waals surface area contributed by atoms with Crippen molar-refractivity contribution in [3.8, 4) is 0 Å². The lowest BCUT2D eigenvalue weighted by molar-refractivity contribution is -0.136. The van der Waals surface area contributed by atoms with E-state index in [4.69, 9.17) is 0 Å². The van der Waals surface area contributed by atoms with Crippen molar-refractivity contribution in [2.45, 2.75) is 18.6 Å². The molecule has 0 bridgehead atoms. The molecule has 0 saturated carbocycles. The molecule has 0 aliphatic carbocycles. The van der Waals surface area contributed by atoms with Gasteiger partial charge in [0, 0.05) is 14.7 Å². The standard InChI is InChI=1S/C23H18INO3/c24-18-12-10-17(11-13-18)21(26)14-23(28)19-8-4-5-9-20(19)25(22(23)27)15-16-6-2-1-3-7-16/h1-13,28H,14-15H2/t23-/m0/s1. The number of benzene rings is 3. The lowest BCUT2D eigenvalue weighted by Gasteiger charge is -2.23. The number of amides is 1. The van der Waals surface area contributed by atoms with Crippen LogP contribution >= 0.6 is 22.6 Å². The molecule has 4 nitrogen and oxygen atoms in total. The second kappa shape index (κ2) is 7.48. The summed E-state index contributed by atoms with van der Waals surface area (Å²) in [6, 6.07) is 23.9. The third-order valence-corrected chi connectivity index (χ3v) is 5.72. The normalized spacial score (nSPS) is 18.2. The van der Waals surface area contributed by atoms with E-state index in [0.717, 1.165) is 9.13 Å². The molecule has 0 unspecified atom stereocenters. The summed E-state index contributed by atoms with van der Waals surface area (Å²) in [5.41, 5.74) is 0.717. The number of para-hydroxylation sites is 1. The Labute approximate surface area is 177 Å². The van der Waals surface area contributed by atoms with Gasteiger partial charge in [0.2, 0.25) is 0 Å². The maximum atomic E-state index is 13.2. The Balaban J connectivity index is 1.67. The van der Waals surface area contributed by atoms with Crippen LogP contribution in [0.2, 0.25) is 0 Å². The molecule has 1 heterocycles. The molecule has 5 heteroatoms. The van der Waals surface area contributed by atoms with E-state index in [1.807, 2.05) is 54.6 Å². The number of Topliss-reactive ketones (excluding diaryl/α,β-unsaturated/α-hetero) is 1. The predicted octanol–water partition coefficient (Wildman–Crippen LogP) is 4.30. The van der Waals surface area contributed by atoms with Crippen molar-refractivity contribution < 1.29 is 14.7 Å². The molecule has 0 aromatic heterocycles. The molecule has 0 radical (unpaired) electrons. The summed E-state index contributed by atoms with van der Waals surface area (Å²) in [5.74, 6) is -0.722. The van der Waals surface area contributed by atoms with Crippen molar-refractivity contribution in [2.75, 3.05) is 4.90 Å². The summed E-state index contributed by atoms with van der Waals surface area (Å²) in [6.07, 6.45) is -0.283. The lowest BCUT2D eigenvalue weighted by Crippen LogP contribution is -2.41. The number of nitrogens with zero attached hydrogens (tertiary/aromatic N) is 1. The van der Waals surface area contributed by atoms with E-state index in [1.54, 1.807) is 29.2 Å². The highest BCUT2D eigenvalue weighted by Crippen LogP contribution is 2.43. The highest BCUT2D eigenvalue weighted by Gasteiger charge is 2.50. The Kier molecular flexibility index (Phi) is 5.03. The van der Waals surface area contributed by atoms with E-state index in [1.165, 1.54) is 0 Å². The summed E-state index contributed by atoms with van der Waals surface area (Å²) in [4.78, 5) is 27.6. The molecular formula is C23H18INO3.